The fourth-order valence-corrected chi connectivity index (χ4v) is 4.76. The van der Waals surface area contributed by atoms with Crippen molar-refractivity contribution in [3.8, 4) is 0 Å². The summed E-state index contributed by atoms with van der Waals surface area (Å²) in [5.41, 5.74) is 0. The molecule has 10 heteroatoms. The Kier molecular flexibility index (Phi) is 24.0. The maximum absolute atomic E-state index is 8.79. The number of aliphatic hydroxyl groups excluding tert-OH is 1. The third-order valence-electron chi connectivity index (χ3n) is 2.31. The van der Waals surface area contributed by atoms with Crippen LogP contribution in [0, 0.1) is 0 Å². The second-order valence-corrected chi connectivity index (χ2v) is 8.53. The molecule has 0 saturated heterocycles. The zero-order valence-electron chi connectivity index (χ0n) is 14.2. The van der Waals surface area contributed by atoms with E-state index in [1.165, 1.54) is 0 Å². The maximum Gasteiger partial charge on any atom is 0.501 e. The minimum absolute atomic E-state index is 0. The van der Waals surface area contributed by atoms with E-state index in [9.17, 15) is 0 Å². The molecule has 0 aliphatic rings. The Hall–Kier alpha value is 0.371. The van der Waals surface area contributed by atoms with Gasteiger partial charge in [-0.15, -0.1) is 0 Å². The van der Waals surface area contributed by atoms with Gasteiger partial charge in [0, 0.05) is 53.8 Å². The molecule has 22 heavy (non-hydrogen) atoms. The van der Waals surface area contributed by atoms with Crippen molar-refractivity contribution in [3.05, 3.63) is 0 Å². The van der Waals surface area contributed by atoms with Crippen molar-refractivity contribution in [2.24, 2.45) is 0 Å². The maximum atomic E-state index is 8.79. The van der Waals surface area contributed by atoms with Crippen LogP contribution in [0.15, 0.2) is 0 Å². The molecule has 0 fully saturated rings. The van der Waals surface area contributed by atoms with Gasteiger partial charge in [0.2, 0.25) is 0 Å². The Morgan fingerprint density at radius 2 is 1.18 bits per heavy atom. The first-order valence-corrected chi connectivity index (χ1v) is 10.5. The third-order valence-corrected chi connectivity index (χ3v) is 6.62. The molecule has 0 amide bonds. The van der Waals surface area contributed by atoms with E-state index in [0.29, 0.717) is 32.3 Å². The molecule has 0 radical (unpaired) electrons. The molecule has 0 aliphatic carbocycles. The quantitative estimate of drug-likeness (QED) is 0.465. The van der Waals surface area contributed by atoms with Gasteiger partial charge in [0.05, 0.1) is 0 Å². The summed E-state index contributed by atoms with van der Waals surface area (Å²) in [6.07, 6.45) is 0.673. The Bertz CT molecular complexity index is 187. The van der Waals surface area contributed by atoms with Crippen LogP contribution in [-0.2, 0) is 26.6 Å². The summed E-state index contributed by atoms with van der Waals surface area (Å²) < 4.78 is 31.0. The fraction of sp³-hybridized carbons (Fsp3) is 1.00. The number of aliphatic hydroxyl groups is 1. The average molecular weight is 377 g/mol. The first-order valence-electron chi connectivity index (χ1n) is 7.20. The predicted octanol–water partition coefficient (Wildman–Crippen LogP) is -0.392. The summed E-state index contributed by atoms with van der Waals surface area (Å²) in [7, 11) is 0.572. The molecule has 0 saturated carbocycles. The minimum atomic E-state index is -2.48. The van der Waals surface area contributed by atoms with Crippen LogP contribution in [0.3, 0.4) is 0 Å². The molecule has 0 aromatic carbocycles. The number of hydrogen-bond acceptors (Lipinski definition) is 7. The highest BCUT2D eigenvalue weighted by molar-refractivity contribution is 6.60. The molecule has 0 heterocycles. The summed E-state index contributed by atoms with van der Waals surface area (Å²) >= 11 is 0. The van der Waals surface area contributed by atoms with Crippen molar-refractivity contribution in [2.45, 2.75) is 33.2 Å². The summed E-state index contributed by atoms with van der Waals surface area (Å²) in [4.78, 5) is 0. The van der Waals surface area contributed by atoms with Crippen LogP contribution >= 0.6 is 0 Å². The topological polar surface area (TPSA) is 75.6 Å². The smallest absolute Gasteiger partial charge is 0.396 e. The van der Waals surface area contributed by atoms with Gasteiger partial charge >= 0.3 is 18.3 Å². The normalized spacial score (nSPS) is 10.9. The van der Waals surface area contributed by atoms with Crippen molar-refractivity contribution in [2.75, 3.05) is 47.8 Å². The first-order chi connectivity index (χ1) is 10.1. The number of hydrogen-bond donors (Lipinski definition) is 1. The van der Waals surface area contributed by atoms with E-state index in [4.69, 9.17) is 31.7 Å². The highest BCUT2D eigenvalue weighted by Crippen LogP contribution is 2.17. The lowest BCUT2D eigenvalue weighted by Gasteiger charge is -2.28. The Balaban J connectivity index is -0.000000385. The second-order valence-electron chi connectivity index (χ2n) is 3.80. The van der Waals surface area contributed by atoms with Crippen LogP contribution in [0.5, 0.6) is 0 Å². The second kappa shape index (κ2) is 19.4. The Morgan fingerprint density at radius 3 is 1.36 bits per heavy atom. The number of rotatable bonds is 12. The van der Waals surface area contributed by atoms with E-state index in [1.807, 2.05) is 20.8 Å². The van der Waals surface area contributed by atoms with E-state index < -0.39 is 18.3 Å². The summed E-state index contributed by atoms with van der Waals surface area (Å²) in [6, 6.07) is 0.693. The van der Waals surface area contributed by atoms with Crippen molar-refractivity contribution in [1.82, 2.24) is 0 Å². The van der Waals surface area contributed by atoms with Crippen LogP contribution in [0.2, 0.25) is 6.04 Å². The molecule has 0 spiro atoms. The Labute approximate surface area is 142 Å². The van der Waals surface area contributed by atoms with Crippen LogP contribution in [-0.4, -0.2) is 82.2 Å². The van der Waals surface area contributed by atoms with Gasteiger partial charge in [-0.3, -0.25) is 0 Å². The molecule has 7 nitrogen and oxygen atoms in total. The summed E-state index contributed by atoms with van der Waals surface area (Å²) in [5.74, 6) is 0. The summed E-state index contributed by atoms with van der Waals surface area (Å²) in [6.45, 7) is 7.73. The van der Waals surface area contributed by atoms with Crippen LogP contribution in [0.1, 0.15) is 27.2 Å². The minimum Gasteiger partial charge on any atom is -0.396 e. The van der Waals surface area contributed by atoms with Gasteiger partial charge in [-0.25, -0.2) is 0 Å². The third kappa shape index (κ3) is 14.0. The average Bonchev–Trinajstić information content (AvgIpc) is 2.48. The van der Waals surface area contributed by atoms with Crippen LogP contribution < -0.4 is 0 Å². The molecule has 0 unspecified atom stereocenters. The van der Waals surface area contributed by atoms with Gasteiger partial charge in [0.15, 0.2) is 0 Å². The van der Waals surface area contributed by atoms with E-state index in [0.717, 1.165) is 0 Å². The Morgan fingerprint density at radius 1 is 0.818 bits per heavy atom. The highest BCUT2D eigenvalue weighted by atomic mass is 28.4. The fourth-order valence-electron chi connectivity index (χ4n) is 1.59. The molecule has 1 N–H and O–H groups in total. The molecule has 0 aliphatic heterocycles. The van der Waals surface area contributed by atoms with Gasteiger partial charge in [0.25, 0.3) is 0 Å². The van der Waals surface area contributed by atoms with Crippen molar-refractivity contribution < 1.29 is 31.7 Å². The van der Waals surface area contributed by atoms with Crippen molar-refractivity contribution in [1.29, 1.82) is 0 Å². The molecule has 0 bridgehead atoms. The van der Waals surface area contributed by atoms with Gasteiger partial charge in [-0.05, 0) is 38.2 Å². The lowest BCUT2D eigenvalue weighted by Crippen LogP contribution is -2.46. The largest absolute Gasteiger partial charge is 0.501 e. The monoisotopic (exact) mass is 376 g/mol. The SMILES string of the molecule is CCO[Si](CCCO)(OCC)OCC.CO[SiH](OC)OC.[SiH4]. The van der Waals surface area contributed by atoms with Gasteiger partial charge in [-0.1, -0.05) is 0 Å². The molecular formula is C12H36O7Si3. The van der Waals surface area contributed by atoms with Crippen LogP contribution in [0.25, 0.3) is 0 Å². The predicted molar refractivity (Wildman–Crippen MR) is 96.7 cm³/mol. The van der Waals surface area contributed by atoms with E-state index in [1.54, 1.807) is 21.3 Å². The zero-order valence-corrected chi connectivity index (χ0v) is 16.4. The standard InChI is InChI=1S/C9H22O4Si.C3H10O3Si.H4Si/c1-4-11-14(12-5-2,13-6-3)9-7-8-10;1-4-7(5-2)6-3;/h10H,4-9H2,1-3H3;7H,1-3H3;1H4. The van der Waals surface area contributed by atoms with E-state index in [2.05, 4.69) is 0 Å². The molecule has 0 atom stereocenters. The van der Waals surface area contributed by atoms with E-state index >= 15 is 0 Å². The molecule has 0 aromatic heterocycles. The molecule has 138 valence electrons. The van der Waals surface area contributed by atoms with Crippen molar-refractivity contribution in [3.63, 3.8) is 0 Å². The van der Waals surface area contributed by atoms with Crippen LogP contribution in [0.4, 0.5) is 0 Å². The zero-order chi connectivity index (χ0) is 16.6. The highest BCUT2D eigenvalue weighted by Gasteiger charge is 2.39. The van der Waals surface area contributed by atoms with Gasteiger partial charge in [0.1, 0.15) is 0 Å². The first kappa shape index (κ1) is 27.2. The lowest BCUT2D eigenvalue weighted by atomic mass is 10.5. The lowest BCUT2D eigenvalue weighted by molar-refractivity contribution is 0.0693. The van der Waals surface area contributed by atoms with Gasteiger partial charge in [-0.2, -0.15) is 0 Å². The van der Waals surface area contributed by atoms with E-state index in [-0.39, 0.29) is 17.6 Å². The van der Waals surface area contributed by atoms with Gasteiger partial charge < -0.3 is 31.7 Å². The molecular weight excluding hydrogens is 340 g/mol. The molecule has 0 rings (SSSR count). The summed E-state index contributed by atoms with van der Waals surface area (Å²) in [5, 5.41) is 8.79. The van der Waals surface area contributed by atoms with Crippen molar-refractivity contribution >= 4 is 29.3 Å². The molecule has 0 aromatic rings.